The highest BCUT2D eigenvalue weighted by Gasteiger charge is 2.22. The molecule has 0 radical (unpaired) electrons. The van der Waals surface area contributed by atoms with Gasteiger partial charge in [0.25, 0.3) is 0 Å². The largest absolute Gasteiger partial charge is 0.387 e. The van der Waals surface area contributed by atoms with Gasteiger partial charge in [-0.05, 0) is 28.1 Å². The molecule has 0 aromatic carbocycles. The molecule has 1 N–H and O–H groups in total. The molecule has 5 nitrogen and oxygen atoms in total. The summed E-state index contributed by atoms with van der Waals surface area (Å²) in [5.41, 5.74) is 0. The lowest BCUT2D eigenvalue weighted by molar-refractivity contribution is -0.134. The van der Waals surface area contributed by atoms with E-state index in [2.05, 4.69) is 25.8 Å². The molecule has 1 aliphatic rings. The number of amides is 1. The number of halogens is 1. The number of aliphatic hydroxyl groups excluding tert-OH is 1. The van der Waals surface area contributed by atoms with E-state index in [1.807, 2.05) is 12.1 Å². The van der Waals surface area contributed by atoms with Crippen LogP contribution in [0.15, 0.2) is 22.8 Å². The molecule has 1 aliphatic heterocycles. The van der Waals surface area contributed by atoms with E-state index in [0.717, 1.165) is 23.4 Å². The van der Waals surface area contributed by atoms with E-state index in [0.29, 0.717) is 13.1 Å². The summed E-state index contributed by atoms with van der Waals surface area (Å²) in [4.78, 5) is 19.4. The van der Waals surface area contributed by atoms with Crippen LogP contribution in [0.2, 0.25) is 0 Å². The number of rotatable bonds is 2. The predicted molar refractivity (Wildman–Crippen MR) is 67.8 cm³/mol. The molecule has 1 aromatic heterocycles. The Hall–Kier alpha value is -1.14. The smallest absolute Gasteiger partial charge is 0.248 e. The highest BCUT2D eigenvalue weighted by Crippen LogP contribution is 2.23. The lowest BCUT2D eigenvalue weighted by atomic mass is 10.3. The number of aliphatic hydroxyl groups is 1. The maximum Gasteiger partial charge on any atom is 0.248 e. The highest BCUT2D eigenvalue weighted by atomic mass is 79.9. The van der Waals surface area contributed by atoms with Gasteiger partial charge in [-0.2, -0.15) is 0 Å². The van der Waals surface area contributed by atoms with E-state index in [4.69, 9.17) is 5.11 Å². The lowest BCUT2D eigenvalue weighted by Gasteiger charge is -2.35. The normalized spacial score (nSPS) is 16.1. The van der Waals surface area contributed by atoms with Crippen LogP contribution < -0.4 is 4.90 Å². The van der Waals surface area contributed by atoms with E-state index < -0.39 is 6.61 Å². The van der Waals surface area contributed by atoms with Crippen molar-refractivity contribution in [2.24, 2.45) is 0 Å². The first kappa shape index (κ1) is 12.3. The van der Waals surface area contributed by atoms with Crippen LogP contribution in [0, 0.1) is 0 Å². The van der Waals surface area contributed by atoms with Crippen molar-refractivity contribution in [3.63, 3.8) is 0 Å². The Labute approximate surface area is 108 Å². The molecule has 2 heterocycles. The number of carbonyl (C=O) groups excluding carboxylic acids is 1. The van der Waals surface area contributed by atoms with Crippen LogP contribution in [0.3, 0.4) is 0 Å². The van der Waals surface area contributed by atoms with Gasteiger partial charge < -0.3 is 14.9 Å². The van der Waals surface area contributed by atoms with E-state index in [1.165, 1.54) is 0 Å². The number of piperazine rings is 1. The molecule has 6 heteroatoms. The number of aromatic nitrogens is 1. The van der Waals surface area contributed by atoms with Crippen molar-refractivity contribution < 1.29 is 9.90 Å². The lowest BCUT2D eigenvalue weighted by Crippen LogP contribution is -2.49. The van der Waals surface area contributed by atoms with E-state index in [-0.39, 0.29) is 5.91 Å². The molecular formula is C11H14BrN3O2. The third-order valence-electron chi connectivity index (χ3n) is 2.81. The second-order valence-corrected chi connectivity index (χ2v) is 4.69. The summed E-state index contributed by atoms with van der Waals surface area (Å²) in [6, 6.07) is 3.83. The number of anilines is 1. The predicted octanol–water partition coefficient (Wildman–Crippen LogP) is 0.485. The van der Waals surface area contributed by atoms with Crippen LogP contribution in [-0.2, 0) is 4.79 Å². The molecule has 0 bridgehead atoms. The SMILES string of the molecule is O=C(CO)N1CCN(c2ncccc2Br)CC1. The number of pyridine rings is 1. The summed E-state index contributed by atoms with van der Waals surface area (Å²) in [5.74, 6) is 0.702. The van der Waals surface area contributed by atoms with Gasteiger partial charge in [0.2, 0.25) is 5.91 Å². The zero-order valence-electron chi connectivity index (χ0n) is 9.34. The molecule has 1 saturated heterocycles. The average Bonchev–Trinajstić information content (AvgIpc) is 2.39. The monoisotopic (exact) mass is 299 g/mol. The Morgan fingerprint density at radius 1 is 1.41 bits per heavy atom. The number of hydrogen-bond donors (Lipinski definition) is 1. The summed E-state index contributed by atoms with van der Waals surface area (Å²) < 4.78 is 0.960. The van der Waals surface area contributed by atoms with Gasteiger partial charge in [-0.1, -0.05) is 0 Å². The molecule has 17 heavy (non-hydrogen) atoms. The van der Waals surface area contributed by atoms with Crippen molar-refractivity contribution in [3.8, 4) is 0 Å². The van der Waals surface area contributed by atoms with Gasteiger partial charge >= 0.3 is 0 Å². The third-order valence-corrected chi connectivity index (χ3v) is 3.43. The van der Waals surface area contributed by atoms with Gasteiger partial charge in [0, 0.05) is 32.4 Å². The Kier molecular flexibility index (Phi) is 3.96. The average molecular weight is 300 g/mol. The first-order chi connectivity index (χ1) is 8.22. The maximum atomic E-state index is 11.3. The van der Waals surface area contributed by atoms with Crippen LogP contribution in [0.4, 0.5) is 5.82 Å². The molecule has 0 aliphatic carbocycles. The minimum atomic E-state index is -0.409. The zero-order valence-corrected chi connectivity index (χ0v) is 10.9. The quantitative estimate of drug-likeness (QED) is 0.863. The van der Waals surface area contributed by atoms with Gasteiger partial charge in [0.1, 0.15) is 12.4 Å². The first-order valence-electron chi connectivity index (χ1n) is 5.46. The molecule has 0 atom stereocenters. The molecular weight excluding hydrogens is 286 g/mol. The highest BCUT2D eigenvalue weighted by molar-refractivity contribution is 9.10. The van der Waals surface area contributed by atoms with Crippen molar-refractivity contribution in [2.45, 2.75) is 0 Å². The van der Waals surface area contributed by atoms with Gasteiger partial charge in [-0.25, -0.2) is 4.98 Å². The second-order valence-electron chi connectivity index (χ2n) is 3.83. The number of hydrogen-bond acceptors (Lipinski definition) is 4. The summed E-state index contributed by atoms with van der Waals surface area (Å²) >= 11 is 3.46. The minimum absolute atomic E-state index is 0.204. The first-order valence-corrected chi connectivity index (χ1v) is 6.26. The Morgan fingerprint density at radius 3 is 2.71 bits per heavy atom. The summed E-state index contributed by atoms with van der Waals surface area (Å²) in [5, 5.41) is 8.79. The fraction of sp³-hybridized carbons (Fsp3) is 0.455. The van der Waals surface area contributed by atoms with Crippen LogP contribution in [0.5, 0.6) is 0 Å². The molecule has 0 unspecified atom stereocenters. The molecule has 0 spiro atoms. The van der Waals surface area contributed by atoms with Gasteiger partial charge in [0.15, 0.2) is 0 Å². The molecule has 1 fully saturated rings. The number of nitrogens with zero attached hydrogens (tertiary/aromatic N) is 3. The summed E-state index contributed by atoms with van der Waals surface area (Å²) in [7, 11) is 0. The minimum Gasteiger partial charge on any atom is -0.387 e. The Bertz CT molecular complexity index is 405. The topological polar surface area (TPSA) is 56.7 Å². The van der Waals surface area contributed by atoms with E-state index in [9.17, 15) is 4.79 Å². The van der Waals surface area contributed by atoms with Crippen molar-refractivity contribution in [3.05, 3.63) is 22.8 Å². The maximum absolute atomic E-state index is 11.3. The third kappa shape index (κ3) is 2.76. The van der Waals surface area contributed by atoms with E-state index in [1.54, 1.807) is 11.1 Å². The van der Waals surface area contributed by atoms with Crippen molar-refractivity contribution >= 4 is 27.7 Å². The Balaban J connectivity index is 2.00. The molecule has 2 rings (SSSR count). The van der Waals surface area contributed by atoms with Gasteiger partial charge in [0.05, 0.1) is 4.47 Å². The van der Waals surface area contributed by atoms with Crippen LogP contribution in [0.1, 0.15) is 0 Å². The second kappa shape index (κ2) is 5.46. The van der Waals surface area contributed by atoms with Crippen molar-refractivity contribution in [2.75, 3.05) is 37.7 Å². The van der Waals surface area contributed by atoms with Crippen LogP contribution >= 0.6 is 15.9 Å². The molecule has 0 saturated carbocycles. The van der Waals surface area contributed by atoms with Gasteiger partial charge in [-0.15, -0.1) is 0 Å². The van der Waals surface area contributed by atoms with Crippen LogP contribution in [-0.4, -0.2) is 53.7 Å². The summed E-state index contributed by atoms with van der Waals surface area (Å²) in [6.07, 6.45) is 1.76. The molecule has 1 amide bonds. The Morgan fingerprint density at radius 2 is 2.12 bits per heavy atom. The van der Waals surface area contributed by atoms with E-state index >= 15 is 0 Å². The standard InChI is InChI=1S/C11H14BrN3O2/c12-9-2-1-3-13-11(9)15-6-4-14(5-7-15)10(17)8-16/h1-3,16H,4-8H2. The molecule has 92 valence electrons. The fourth-order valence-electron chi connectivity index (χ4n) is 1.88. The zero-order chi connectivity index (χ0) is 12.3. The van der Waals surface area contributed by atoms with Gasteiger partial charge in [-0.3, -0.25) is 4.79 Å². The summed E-state index contributed by atoms with van der Waals surface area (Å²) in [6.45, 7) is 2.32. The van der Waals surface area contributed by atoms with Crippen molar-refractivity contribution in [1.29, 1.82) is 0 Å². The number of carbonyl (C=O) groups is 1. The fourth-order valence-corrected chi connectivity index (χ4v) is 2.38. The van der Waals surface area contributed by atoms with Crippen molar-refractivity contribution in [1.82, 2.24) is 9.88 Å². The molecule has 1 aromatic rings. The van der Waals surface area contributed by atoms with Crippen LogP contribution in [0.25, 0.3) is 0 Å².